The first-order valence-corrected chi connectivity index (χ1v) is 12.4. The molecule has 0 saturated carbocycles. The highest BCUT2D eigenvalue weighted by Crippen LogP contribution is 2.26. The molecule has 10 heteroatoms. The van der Waals surface area contributed by atoms with Crippen LogP contribution in [0.1, 0.15) is 26.4 Å². The number of hydrogen-bond donors (Lipinski definition) is 2. The molecule has 3 aromatic carbocycles. The lowest BCUT2D eigenvalue weighted by molar-refractivity contribution is 0.104. The van der Waals surface area contributed by atoms with Gasteiger partial charge in [0.2, 0.25) is 15.8 Å². The van der Waals surface area contributed by atoms with Gasteiger partial charge in [-0.15, -0.1) is 0 Å². The summed E-state index contributed by atoms with van der Waals surface area (Å²) in [6.07, 6.45) is 1.52. The highest BCUT2D eigenvalue weighted by Gasteiger charge is 2.21. The number of nitrogens with one attached hydrogen (secondary N) is 2. The molecular formula is C24H19F2N3O3S2. The zero-order valence-corrected chi connectivity index (χ0v) is 19.5. The van der Waals surface area contributed by atoms with Crippen LogP contribution in [-0.4, -0.2) is 19.2 Å². The number of sulfonamides is 1. The Balaban J connectivity index is 1.40. The molecule has 0 bridgehead atoms. The Hall–Kier alpha value is -3.47. The highest BCUT2D eigenvalue weighted by molar-refractivity contribution is 7.89. The molecule has 0 atom stereocenters. The second-order valence-corrected chi connectivity index (χ2v) is 10.1. The number of carbonyl (C=O) groups is 1. The number of anilines is 2. The van der Waals surface area contributed by atoms with Crippen LogP contribution in [0.3, 0.4) is 0 Å². The highest BCUT2D eigenvalue weighted by atomic mass is 32.2. The van der Waals surface area contributed by atoms with Crippen molar-refractivity contribution in [2.45, 2.75) is 18.4 Å². The molecule has 0 aliphatic rings. The van der Waals surface area contributed by atoms with Crippen LogP contribution in [0.4, 0.5) is 19.6 Å². The minimum absolute atomic E-state index is 0.0963. The van der Waals surface area contributed by atoms with Gasteiger partial charge in [0.25, 0.3) is 0 Å². The molecular weight excluding hydrogens is 480 g/mol. The third-order valence-electron chi connectivity index (χ3n) is 5.00. The third-order valence-corrected chi connectivity index (χ3v) is 7.33. The minimum atomic E-state index is -4.22. The first-order valence-electron chi connectivity index (χ1n) is 10.1. The maximum Gasteiger partial charge on any atom is 0.243 e. The number of benzene rings is 3. The number of nitrogens with zero attached hydrogens (tertiary/aromatic N) is 1. The number of hydrogen-bond acceptors (Lipinski definition) is 6. The second-order valence-electron chi connectivity index (χ2n) is 7.37. The summed E-state index contributed by atoms with van der Waals surface area (Å²) in [5, 5.41) is 3.64. The largest absolute Gasteiger partial charge is 0.332 e. The molecule has 0 aliphatic carbocycles. The molecule has 0 aliphatic heterocycles. The standard InChI is InChI=1S/C24H19F2N3O3S2/c1-15-5-2-3-6-18(15)23(30)20-14-27-24(33-20)29-17-11-9-16(10-12-17)13-28-34(31,32)21-8-4-7-19(25)22(21)26/h2-12,14,28H,13H2,1H3,(H,27,29). The summed E-state index contributed by atoms with van der Waals surface area (Å²) < 4.78 is 54.0. The van der Waals surface area contributed by atoms with Gasteiger partial charge in [0, 0.05) is 17.8 Å². The van der Waals surface area contributed by atoms with E-state index in [4.69, 9.17) is 0 Å². The van der Waals surface area contributed by atoms with Crippen molar-refractivity contribution in [1.29, 1.82) is 0 Å². The zero-order chi connectivity index (χ0) is 24.3. The summed E-state index contributed by atoms with van der Waals surface area (Å²) in [6.45, 7) is 1.77. The number of halogens is 2. The summed E-state index contributed by atoms with van der Waals surface area (Å²) in [7, 11) is -4.22. The van der Waals surface area contributed by atoms with E-state index in [1.165, 1.54) is 17.5 Å². The van der Waals surface area contributed by atoms with Gasteiger partial charge in [0.15, 0.2) is 16.8 Å². The molecule has 1 aromatic heterocycles. The fourth-order valence-corrected chi connectivity index (χ4v) is 5.07. The van der Waals surface area contributed by atoms with E-state index >= 15 is 0 Å². The fourth-order valence-electron chi connectivity index (χ4n) is 3.17. The average molecular weight is 500 g/mol. The average Bonchev–Trinajstić information content (AvgIpc) is 3.29. The lowest BCUT2D eigenvalue weighted by atomic mass is 10.0. The van der Waals surface area contributed by atoms with Crippen molar-refractivity contribution in [2.75, 3.05) is 5.32 Å². The monoisotopic (exact) mass is 499 g/mol. The van der Waals surface area contributed by atoms with Crippen LogP contribution in [0.25, 0.3) is 0 Å². The van der Waals surface area contributed by atoms with E-state index in [0.29, 0.717) is 26.8 Å². The van der Waals surface area contributed by atoms with Crippen LogP contribution >= 0.6 is 11.3 Å². The molecule has 4 rings (SSSR count). The molecule has 0 saturated heterocycles. The Morgan fingerprint density at radius 3 is 2.47 bits per heavy atom. The first kappa shape index (κ1) is 23.7. The SMILES string of the molecule is Cc1ccccc1C(=O)c1cnc(Nc2ccc(CNS(=O)(=O)c3cccc(F)c3F)cc2)s1. The minimum Gasteiger partial charge on any atom is -0.332 e. The Labute approximate surface area is 199 Å². The van der Waals surface area contributed by atoms with Crippen molar-refractivity contribution < 1.29 is 22.0 Å². The number of thiazole rings is 1. The van der Waals surface area contributed by atoms with E-state index < -0.39 is 26.6 Å². The van der Waals surface area contributed by atoms with E-state index in [2.05, 4.69) is 15.0 Å². The van der Waals surface area contributed by atoms with Crippen LogP contribution in [0.5, 0.6) is 0 Å². The summed E-state index contributed by atoms with van der Waals surface area (Å²) >= 11 is 1.23. The van der Waals surface area contributed by atoms with Gasteiger partial charge >= 0.3 is 0 Å². The second kappa shape index (κ2) is 9.80. The van der Waals surface area contributed by atoms with Crippen LogP contribution in [0.15, 0.2) is 77.8 Å². The van der Waals surface area contributed by atoms with Crippen LogP contribution in [-0.2, 0) is 16.6 Å². The van der Waals surface area contributed by atoms with E-state index in [1.807, 2.05) is 25.1 Å². The van der Waals surface area contributed by atoms with Gasteiger partial charge in [-0.25, -0.2) is 26.9 Å². The number of ketones is 1. The summed E-state index contributed by atoms with van der Waals surface area (Å²) in [4.78, 5) is 16.7. The van der Waals surface area contributed by atoms with Gasteiger partial charge in [-0.05, 0) is 42.3 Å². The van der Waals surface area contributed by atoms with E-state index in [-0.39, 0.29) is 12.3 Å². The predicted octanol–water partition coefficient (Wildman–Crippen LogP) is 5.18. The third kappa shape index (κ3) is 5.19. The van der Waals surface area contributed by atoms with Gasteiger partial charge in [-0.3, -0.25) is 4.79 Å². The molecule has 0 amide bonds. The maximum absolute atomic E-state index is 13.8. The number of aromatic nitrogens is 1. The molecule has 0 fully saturated rings. The molecule has 4 aromatic rings. The Kier molecular flexibility index (Phi) is 6.82. The summed E-state index contributed by atoms with van der Waals surface area (Å²) in [6, 6.07) is 17.1. The van der Waals surface area contributed by atoms with Gasteiger partial charge in [0.05, 0.1) is 11.1 Å². The van der Waals surface area contributed by atoms with Crippen molar-refractivity contribution in [3.63, 3.8) is 0 Å². The van der Waals surface area contributed by atoms with Crippen molar-refractivity contribution in [3.8, 4) is 0 Å². The van der Waals surface area contributed by atoms with Gasteiger partial charge in [-0.1, -0.05) is 53.8 Å². The molecule has 174 valence electrons. The Morgan fingerprint density at radius 2 is 1.74 bits per heavy atom. The normalized spacial score (nSPS) is 11.4. The molecule has 6 nitrogen and oxygen atoms in total. The lowest BCUT2D eigenvalue weighted by Crippen LogP contribution is -2.24. The number of rotatable bonds is 8. The van der Waals surface area contributed by atoms with E-state index in [1.54, 1.807) is 30.3 Å². The molecule has 0 spiro atoms. The smallest absolute Gasteiger partial charge is 0.243 e. The molecule has 34 heavy (non-hydrogen) atoms. The maximum atomic E-state index is 13.8. The van der Waals surface area contributed by atoms with Gasteiger partial charge in [0.1, 0.15) is 4.90 Å². The quantitative estimate of drug-likeness (QED) is 0.326. The van der Waals surface area contributed by atoms with Crippen molar-refractivity contribution >= 4 is 38.0 Å². The van der Waals surface area contributed by atoms with Gasteiger partial charge < -0.3 is 5.32 Å². The fraction of sp³-hybridized carbons (Fsp3) is 0.0833. The summed E-state index contributed by atoms with van der Waals surface area (Å²) in [5.41, 5.74) is 2.82. The zero-order valence-electron chi connectivity index (χ0n) is 17.9. The number of carbonyl (C=O) groups excluding carboxylic acids is 1. The van der Waals surface area contributed by atoms with Crippen LogP contribution < -0.4 is 10.0 Å². The Bertz CT molecular complexity index is 1450. The Morgan fingerprint density at radius 1 is 1.00 bits per heavy atom. The van der Waals surface area contributed by atoms with Crippen LogP contribution in [0, 0.1) is 18.6 Å². The predicted molar refractivity (Wildman–Crippen MR) is 127 cm³/mol. The van der Waals surface area contributed by atoms with E-state index in [9.17, 15) is 22.0 Å². The number of aryl methyl sites for hydroxylation is 1. The molecule has 0 radical (unpaired) electrons. The molecule has 2 N–H and O–H groups in total. The molecule has 0 unspecified atom stereocenters. The van der Waals surface area contributed by atoms with Crippen molar-refractivity contribution in [3.05, 3.63) is 106 Å². The topological polar surface area (TPSA) is 88.2 Å². The van der Waals surface area contributed by atoms with E-state index in [0.717, 1.165) is 23.8 Å². The van der Waals surface area contributed by atoms with Crippen LogP contribution in [0.2, 0.25) is 0 Å². The summed E-state index contributed by atoms with van der Waals surface area (Å²) in [5.74, 6) is -2.75. The lowest BCUT2D eigenvalue weighted by Gasteiger charge is -2.09. The van der Waals surface area contributed by atoms with Crippen molar-refractivity contribution in [2.24, 2.45) is 0 Å². The van der Waals surface area contributed by atoms with Gasteiger partial charge in [-0.2, -0.15) is 0 Å². The first-order chi connectivity index (χ1) is 16.2. The molecule has 1 heterocycles. The van der Waals surface area contributed by atoms with Crippen molar-refractivity contribution in [1.82, 2.24) is 9.71 Å².